The third kappa shape index (κ3) is 2.26. The van der Waals surface area contributed by atoms with Gasteiger partial charge in [0, 0.05) is 6.61 Å². The predicted molar refractivity (Wildman–Crippen MR) is 47.0 cm³/mol. The Bertz CT molecular complexity index is 270. The normalized spacial score (nSPS) is 12.0. The van der Waals surface area contributed by atoms with Gasteiger partial charge >= 0.3 is 0 Å². The second kappa shape index (κ2) is 3.85. The van der Waals surface area contributed by atoms with E-state index in [4.69, 9.17) is 9.84 Å². The molecule has 2 N–H and O–H groups in total. The molecule has 0 spiro atoms. The van der Waals surface area contributed by atoms with Crippen LogP contribution < -0.4 is 0 Å². The summed E-state index contributed by atoms with van der Waals surface area (Å²) in [5.74, 6) is 1.03. The van der Waals surface area contributed by atoms with Crippen molar-refractivity contribution in [1.29, 1.82) is 0 Å². The fourth-order valence-corrected chi connectivity index (χ4v) is 1.06. The number of aromatic nitrogens is 3. The third-order valence-electron chi connectivity index (χ3n) is 1.73. The average molecular weight is 185 g/mol. The highest BCUT2D eigenvalue weighted by molar-refractivity contribution is 4.98. The fraction of sp³-hybridized carbons (Fsp3) is 0.750. The van der Waals surface area contributed by atoms with Crippen LogP contribution in [-0.2, 0) is 16.9 Å². The standard InChI is InChI=1S/C8H15N3O2/c1-4-13-8(2,3)7-9-6(5-12)10-11-7/h12H,4-5H2,1-3H3,(H,9,10,11). The van der Waals surface area contributed by atoms with Crippen molar-refractivity contribution < 1.29 is 9.84 Å². The molecule has 5 heteroatoms. The topological polar surface area (TPSA) is 71.0 Å². The van der Waals surface area contributed by atoms with E-state index < -0.39 is 5.60 Å². The SMILES string of the molecule is CCOC(C)(C)c1n[nH]c(CO)n1. The number of rotatable bonds is 4. The van der Waals surface area contributed by atoms with Crippen molar-refractivity contribution in [1.82, 2.24) is 15.2 Å². The number of aliphatic hydroxyl groups excluding tert-OH is 1. The number of hydrogen-bond acceptors (Lipinski definition) is 4. The zero-order valence-electron chi connectivity index (χ0n) is 8.16. The van der Waals surface area contributed by atoms with E-state index >= 15 is 0 Å². The number of aliphatic hydroxyl groups is 1. The van der Waals surface area contributed by atoms with E-state index in [2.05, 4.69) is 15.2 Å². The first-order valence-corrected chi connectivity index (χ1v) is 4.26. The molecule has 0 aromatic carbocycles. The average Bonchev–Trinajstić information content (AvgIpc) is 2.52. The summed E-state index contributed by atoms with van der Waals surface area (Å²) >= 11 is 0. The highest BCUT2D eigenvalue weighted by atomic mass is 16.5. The summed E-state index contributed by atoms with van der Waals surface area (Å²) in [4.78, 5) is 4.08. The van der Waals surface area contributed by atoms with Crippen LogP contribution in [0.1, 0.15) is 32.4 Å². The van der Waals surface area contributed by atoms with Crippen LogP contribution in [0.15, 0.2) is 0 Å². The van der Waals surface area contributed by atoms with Gasteiger partial charge in [0.2, 0.25) is 0 Å². The second-order valence-electron chi connectivity index (χ2n) is 3.21. The lowest BCUT2D eigenvalue weighted by atomic mass is 10.1. The van der Waals surface area contributed by atoms with Crippen LogP contribution >= 0.6 is 0 Å². The molecule has 0 fully saturated rings. The molecule has 0 bridgehead atoms. The molecule has 0 radical (unpaired) electrons. The van der Waals surface area contributed by atoms with Gasteiger partial charge in [0.15, 0.2) is 5.82 Å². The Morgan fingerprint density at radius 2 is 2.23 bits per heavy atom. The molecular formula is C8H15N3O2. The molecule has 1 heterocycles. The molecule has 13 heavy (non-hydrogen) atoms. The molecule has 1 rings (SSSR count). The zero-order valence-corrected chi connectivity index (χ0v) is 8.16. The van der Waals surface area contributed by atoms with Gasteiger partial charge in [0.05, 0.1) is 0 Å². The molecule has 0 aliphatic heterocycles. The van der Waals surface area contributed by atoms with Gasteiger partial charge in [-0.05, 0) is 20.8 Å². The second-order valence-corrected chi connectivity index (χ2v) is 3.21. The molecule has 1 aromatic heterocycles. The fourth-order valence-electron chi connectivity index (χ4n) is 1.06. The van der Waals surface area contributed by atoms with Gasteiger partial charge in [-0.3, -0.25) is 5.10 Å². The van der Waals surface area contributed by atoms with Crippen molar-refractivity contribution in [3.05, 3.63) is 11.6 Å². The zero-order chi connectivity index (χ0) is 9.90. The van der Waals surface area contributed by atoms with E-state index in [0.717, 1.165) is 0 Å². The van der Waals surface area contributed by atoms with Crippen molar-refractivity contribution >= 4 is 0 Å². The molecule has 0 aliphatic rings. The van der Waals surface area contributed by atoms with Crippen LogP contribution in [0.3, 0.4) is 0 Å². The lowest BCUT2D eigenvalue weighted by Gasteiger charge is -2.20. The van der Waals surface area contributed by atoms with E-state index in [0.29, 0.717) is 18.3 Å². The molecule has 74 valence electrons. The molecule has 0 unspecified atom stereocenters. The van der Waals surface area contributed by atoms with Crippen molar-refractivity contribution in [2.45, 2.75) is 33.0 Å². The Labute approximate surface area is 77.1 Å². The number of aromatic amines is 1. The van der Waals surface area contributed by atoms with Gasteiger partial charge < -0.3 is 9.84 Å². The Morgan fingerprint density at radius 1 is 1.54 bits per heavy atom. The van der Waals surface area contributed by atoms with E-state index in [1.807, 2.05) is 20.8 Å². The van der Waals surface area contributed by atoms with Crippen molar-refractivity contribution in [2.24, 2.45) is 0 Å². The Hall–Kier alpha value is -0.940. The lowest BCUT2D eigenvalue weighted by Crippen LogP contribution is -2.23. The molecule has 5 nitrogen and oxygen atoms in total. The maximum absolute atomic E-state index is 8.77. The third-order valence-corrected chi connectivity index (χ3v) is 1.73. The van der Waals surface area contributed by atoms with Crippen LogP contribution in [0.4, 0.5) is 0 Å². The Balaban J connectivity index is 2.80. The molecule has 1 aromatic rings. The van der Waals surface area contributed by atoms with E-state index in [1.54, 1.807) is 0 Å². The van der Waals surface area contributed by atoms with Crippen molar-refractivity contribution in [3.8, 4) is 0 Å². The van der Waals surface area contributed by atoms with Gasteiger partial charge in [0.1, 0.15) is 18.0 Å². The Kier molecular flexibility index (Phi) is 3.00. The van der Waals surface area contributed by atoms with Crippen LogP contribution in [-0.4, -0.2) is 26.9 Å². The van der Waals surface area contributed by atoms with Gasteiger partial charge in [0.25, 0.3) is 0 Å². The number of ether oxygens (including phenoxy) is 1. The van der Waals surface area contributed by atoms with Gasteiger partial charge in [-0.1, -0.05) is 0 Å². The van der Waals surface area contributed by atoms with E-state index in [-0.39, 0.29) is 6.61 Å². The first-order chi connectivity index (χ1) is 6.10. The van der Waals surface area contributed by atoms with Gasteiger partial charge in [-0.15, -0.1) is 0 Å². The summed E-state index contributed by atoms with van der Waals surface area (Å²) in [5.41, 5.74) is -0.501. The molecule has 0 aliphatic carbocycles. The maximum Gasteiger partial charge on any atom is 0.182 e. The monoisotopic (exact) mass is 185 g/mol. The van der Waals surface area contributed by atoms with Crippen LogP contribution in [0, 0.1) is 0 Å². The Morgan fingerprint density at radius 3 is 2.69 bits per heavy atom. The van der Waals surface area contributed by atoms with E-state index in [1.165, 1.54) is 0 Å². The van der Waals surface area contributed by atoms with Gasteiger partial charge in [-0.2, -0.15) is 5.10 Å². The summed E-state index contributed by atoms with van der Waals surface area (Å²) in [6.07, 6.45) is 0. The minimum Gasteiger partial charge on any atom is -0.388 e. The quantitative estimate of drug-likeness (QED) is 0.719. The van der Waals surface area contributed by atoms with Crippen molar-refractivity contribution in [3.63, 3.8) is 0 Å². The summed E-state index contributed by atoms with van der Waals surface area (Å²) in [6.45, 7) is 6.17. The lowest BCUT2D eigenvalue weighted by molar-refractivity contribution is -0.0206. The van der Waals surface area contributed by atoms with Crippen LogP contribution in [0.5, 0.6) is 0 Å². The number of nitrogens with one attached hydrogen (secondary N) is 1. The molecule has 0 saturated heterocycles. The molecule has 0 saturated carbocycles. The molecule has 0 atom stereocenters. The van der Waals surface area contributed by atoms with E-state index in [9.17, 15) is 0 Å². The summed E-state index contributed by atoms with van der Waals surface area (Å²) in [7, 11) is 0. The van der Waals surface area contributed by atoms with Gasteiger partial charge in [-0.25, -0.2) is 4.98 Å². The first-order valence-electron chi connectivity index (χ1n) is 4.26. The maximum atomic E-state index is 8.77. The largest absolute Gasteiger partial charge is 0.388 e. The number of H-pyrrole nitrogens is 1. The highest BCUT2D eigenvalue weighted by Gasteiger charge is 2.25. The first kappa shape index (κ1) is 10.1. The number of hydrogen-bond donors (Lipinski definition) is 2. The summed E-state index contributed by atoms with van der Waals surface area (Å²) < 4.78 is 5.45. The summed E-state index contributed by atoms with van der Waals surface area (Å²) in [5, 5.41) is 15.4. The van der Waals surface area contributed by atoms with Crippen LogP contribution in [0.2, 0.25) is 0 Å². The molecule has 0 amide bonds. The summed E-state index contributed by atoms with van der Waals surface area (Å²) in [6, 6.07) is 0. The number of nitrogens with zero attached hydrogens (tertiary/aromatic N) is 2. The molecular weight excluding hydrogens is 170 g/mol. The smallest absolute Gasteiger partial charge is 0.182 e. The van der Waals surface area contributed by atoms with Crippen molar-refractivity contribution in [2.75, 3.05) is 6.61 Å². The van der Waals surface area contributed by atoms with Crippen LogP contribution in [0.25, 0.3) is 0 Å². The predicted octanol–water partition coefficient (Wildman–Crippen LogP) is 0.569. The minimum absolute atomic E-state index is 0.130. The minimum atomic E-state index is -0.501. The highest BCUT2D eigenvalue weighted by Crippen LogP contribution is 2.20.